The lowest BCUT2D eigenvalue weighted by atomic mass is 9.79. The monoisotopic (exact) mass is 357 g/mol. The molecule has 0 spiro atoms. The summed E-state index contributed by atoms with van der Waals surface area (Å²) in [5.74, 6) is 0. The van der Waals surface area contributed by atoms with Crippen LogP contribution >= 0.6 is 0 Å². The Bertz CT molecular complexity index is 1110. The first-order valence-electron chi connectivity index (χ1n) is 9.60. The van der Waals surface area contributed by atoms with E-state index in [0.29, 0.717) is 0 Å². The first-order valence-corrected chi connectivity index (χ1v) is 9.60. The number of hydrogen-bond acceptors (Lipinski definition) is 2. The molecule has 2 heterocycles. The highest BCUT2D eigenvalue weighted by molar-refractivity contribution is 5.83. The van der Waals surface area contributed by atoms with Crippen molar-refractivity contribution in [2.45, 2.75) is 51.9 Å². The smallest absolute Gasteiger partial charge is 0.134 e. The second-order valence-electron chi connectivity index (χ2n) is 9.21. The summed E-state index contributed by atoms with van der Waals surface area (Å²) in [5.41, 5.74) is 5.91. The van der Waals surface area contributed by atoms with E-state index in [1.165, 1.54) is 27.5 Å². The van der Waals surface area contributed by atoms with E-state index in [1.807, 2.05) is 18.5 Å². The van der Waals surface area contributed by atoms with Crippen molar-refractivity contribution in [2.24, 2.45) is 0 Å². The van der Waals surface area contributed by atoms with Crippen LogP contribution in [0.25, 0.3) is 21.9 Å². The maximum absolute atomic E-state index is 5.88. The Kier molecular flexibility index (Phi) is 4.10. The first kappa shape index (κ1) is 17.8. The summed E-state index contributed by atoms with van der Waals surface area (Å²) in [5, 5.41) is 2.41. The van der Waals surface area contributed by atoms with Crippen LogP contribution in [0.1, 0.15) is 51.3 Å². The van der Waals surface area contributed by atoms with E-state index < -0.39 is 0 Å². The average molecular weight is 357 g/mol. The molecule has 0 N–H and O–H groups in total. The fraction of sp³-hybridized carbons (Fsp3) is 0.320. The zero-order valence-corrected chi connectivity index (χ0v) is 16.8. The summed E-state index contributed by atoms with van der Waals surface area (Å²) < 4.78 is 5.88. The number of benzene rings is 2. The second kappa shape index (κ2) is 6.23. The lowest BCUT2D eigenvalue weighted by Gasteiger charge is -2.25. The number of pyridine rings is 1. The van der Waals surface area contributed by atoms with Gasteiger partial charge >= 0.3 is 0 Å². The van der Waals surface area contributed by atoms with Crippen LogP contribution in [-0.2, 0) is 17.3 Å². The van der Waals surface area contributed by atoms with Crippen LogP contribution in [0.4, 0.5) is 0 Å². The van der Waals surface area contributed by atoms with Gasteiger partial charge in [-0.3, -0.25) is 4.98 Å². The standard InChI is InChI=1S/C25H27NO/c1-24(2,3)21-16-27-23-12-17(10-11-20(21)23)14-25(4,5)19-13-18-8-6-7-9-22(18)26-15-19/h6-13,15-16H,14H2,1-5H3. The van der Waals surface area contributed by atoms with Gasteiger partial charge < -0.3 is 4.42 Å². The zero-order chi connectivity index (χ0) is 19.2. The molecule has 0 aliphatic carbocycles. The summed E-state index contributed by atoms with van der Waals surface area (Å²) in [6.07, 6.45) is 4.87. The molecule has 0 aliphatic rings. The van der Waals surface area contributed by atoms with Crippen molar-refractivity contribution >= 4 is 21.9 Å². The average Bonchev–Trinajstić information content (AvgIpc) is 3.04. The molecule has 138 valence electrons. The summed E-state index contributed by atoms with van der Waals surface area (Å²) in [7, 11) is 0. The van der Waals surface area contributed by atoms with E-state index in [4.69, 9.17) is 4.42 Å². The van der Waals surface area contributed by atoms with Gasteiger partial charge in [0.2, 0.25) is 0 Å². The van der Waals surface area contributed by atoms with E-state index in [1.54, 1.807) is 0 Å². The third-order valence-electron chi connectivity index (χ3n) is 5.47. The molecule has 0 fully saturated rings. The van der Waals surface area contributed by atoms with Crippen molar-refractivity contribution < 1.29 is 4.42 Å². The van der Waals surface area contributed by atoms with Gasteiger partial charge in [0.25, 0.3) is 0 Å². The van der Waals surface area contributed by atoms with Crippen LogP contribution in [0.3, 0.4) is 0 Å². The van der Waals surface area contributed by atoms with E-state index in [-0.39, 0.29) is 10.8 Å². The molecule has 0 saturated carbocycles. The zero-order valence-electron chi connectivity index (χ0n) is 16.8. The van der Waals surface area contributed by atoms with Crippen LogP contribution in [0, 0.1) is 0 Å². The van der Waals surface area contributed by atoms with Crippen molar-refractivity contribution in [2.75, 3.05) is 0 Å². The lowest BCUT2D eigenvalue weighted by molar-refractivity contribution is 0.520. The van der Waals surface area contributed by atoms with Gasteiger partial charge in [0.05, 0.1) is 11.8 Å². The molecule has 0 bridgehead atoms. The van der Waals surface area contributed by atoms with Crippen molar-refractivity contribution in [3.63, 3.8) is 0 Å². The summed E-state index contributed by atoms with van der Waals surface area (Å²) in [6.45, 7) is 11.2. The van der Waals surface area contributed by atoms with Gasteiger partial charge in [-0.25, -0.2) is 0 Å². The predicted octanol–water partition coefficient (Wildman–Crippen LogP) is 6.80. The van der Waals surface area contributed by atoms with Gasteiger partial charge in [0.1, 0.15) is 5.58 Å². The molecule has 2 aromatic heterocycles. The van der Waals surface area contributed by atoms with Crippen LogP contribution in [0.5, 0.6) is 0 Å². The highest BCUT2D eigenvalue weighted by Gasteiger charge is 2.24. The van der Waals surface area contributed by atoms with Gasteiger partial charge in [-0.15, -0.1) is 0 Å². The van der Waals surface area contributed by atoms with Crippen LogP contribution < -0.4 is 0 Å². The number of furan rings is 1. The minimum atomic E-state index is -0.00976. The summed E-state index contributed by atoms with van der Waals surface area (Å²) in [4.78, 5) is 4.65. The highest BCUT2D eigenvalue weighted by Crippen LogP contribution is 2.34. The largest absolute Gasteiger partial charge is 0.464 e. The van der Waals surface area contributed by atoms with Gasteiger partial charge in [0, 0.05) is 22.5 Å². The fourth-order valence-electron chi connectivity index (χ4n) is 3.82. The molecule has 4 rings (SSSR count). The normalized spacial score (nSPS) is 12.8. The maximum atomic E-state index is 5.88. The Morgan fingerprint density at radius 2 is 1.70 bits per heavy atom. The Labute approximate surface area is 161 Å². The van der Waals surface area contributed by atoms with Crippen LogP contribution in [-0.4, -0.2) is 4.98 Å². The molecule has 2 heteroatoms. The third kappa shape index (κ3) is 3.37. The number of para-hydroxylation sites is 1. The second-order valence-corrected chi connectivity index (χ2v) is 9.21. The predicted molar refractivity (Wildman–Crippen MR) is 113 cm³/mol. The van der Waals surface area contributed by atoms with E-state index in [9.17, 15) is 0 Å². The van der Waals surface area contributed by atoms with Gasteiger partial charge in [-0.2, -0.15) is 0 Å². The Morgan fingerprint density at radius 1 is 0.926 bits per heavy atom. The van der Waals surface area contributed by atoms with E-state index in [0.717, 1.165) is 17.5 Å². The molecule has 0 amide bonds. The Morgan fingerprint density at radius 3 is 2.48 bits per heavy atom. The Balaban J connectivity index is 1.67. The van der Waals surface area contributed by atoms with Crippen molar-refractivity contribution in [3.8, 4) is 0 Å². The van der Waals surface area contributed by atoms with Crippen LogP contribution in [0.15, 0.2) is 65.4 Å². The summed E-state index contributed by atoms with van der Waals surface area (Å²) in [6, 6.07) is 17.2. The molecule has 0 aliphatic heterocycles. The fourth-order valence-corrected chi connectivity index (χ4v) is 3.82. The molecule has 27 heavy (non-hydrogen) atoms. The van der Waals surface area contributed by atoms with Gasteiger partial charge in [-0.1, -0.05) is 65.0 Å². The number of fused-ring (bicyclic) bond motifs is 2. The van der Waals surface area contributed by atoms with Gasteiger partial charge in [0.15, 0.2) is 0 Å². The number of aromatic nitrogens is 1. The third-order valence-corrected chi connectivity index (χ3v) is 5.47. The molecular weight excluding hydrogens is 330 g/mol. The molecule has 4 aromatic rings. The minimum absolute atomic E-state index is 0.00976. The molecule has 0 radical (unpaired) electrons. The topological polar surface area (TPSA) is 26.0 Å². The van der Waals surface area contributed by atoms with Crippen molar-refractivity contribution in [1.29, 1.82) is 0 Å². The molecule has 2 aromatic carbocycles. The SMILES string of the molecule is CC(C)(C)c1coc2cc(CC(C)(C)c3cnc4ccccc4c3)ccc12. The first-order chi connectivity index (χ1) is 12.7. The Hall–Kier alpha value is -2.61. The number of rotatable bonds is 3. The number of nitrogens with zero attached hydrogens (tertiary/aromatic N) is 1. The maximum Gasteiger partial charge on any atom is 0.134 e. The molecule has 0 unspecified atom stereocenters. The molecule has 2 nitrogen and oxygen atoms in total. The minimum Gasteiger partial charge on any atom is -0.464 e. The quantitative estimate of drug-likeness (QED) is 0.403. The lowest BCUT2D eigenvalue weighted by Crippen LogP contribution is -2.20. The van der Waals surface area contributed by atoms with Crippen LogP contribution in [0.2, 0.25) is 0 Å². The van der Waals surface area contributed by atoms with Crippen molar-refractivity contribution in [1.82, 2.24) is 4.98 Å². The molecule has 0 atom stereocenters. The highest BCUT2D eigenvalue weighted by atomic mass is 16.3. The van der Waals surface area contributed by atoms with Gasteiger partial charge in [-0.05, 0) is 46.6 Å². The van der Waals surface area contributed by atoms with E-state index >= 15 is 0 Å². The summed E-state index contributed by atoms with van der Waals surface area (Å²) >= 11 is 0. The molecular formula is C25H27NO. The van der Waals surface area contributed by atoms with Crippen molar-refractivity contribution in [3.05, 3.63) is 77.7 Å². The number of hydrogen-bond donors (Lipinski definition) is 0. The molecule has 0 saturated heterocycles. The van der Waals surface area contributed by atoms with E-state index in [2.05, 4.69) is 82.1 Å².